The summed E-state index contributed by atoms with van der Waals surface area (Å²) in [7, 11) is 0. The van der Waals surface area contributed by atoms with Crippen LogP contribution in [0.4, 0.5) is 11.4 Å². The minimum absolute atomic E-state index is 0.0456. The van der Waals surface area contributed by atoms with Gasteiger partial charge in [-0.05, 0) is 46.3 Å². The van der Waals surface area contributed by atoms with Crippen LogP contribution in [-0.4, -0.2) is 49.6 Å². The van der Waals surface area contributed by atoms with Crippen molar-refractivity contribution in [3.8, 4) is 0 Å². The number of halogens is 1. The lowest BCUT2D eigenvalue weighted by Gasteiger charge is -2.27. The molecule has 1 saturated heterocycles. The highest BCUT2D eigenvalue weighted by atomic mass is 79.9. The molecule has 0 spiro atoms. The first-order chi connectivity index (χ1) is 12.6. The lowest BCUT2D eigenvalue weighted by molar-refractivity contribution is -0.114. The van der Waals surface area contributed by atoms with Crippen LogP contribution in [-0.2, 0) is 9.53 Å². The van der Waals surface area contributed by atoms with Crippen LogP contribution in [0.3, 0.4) is 0 Å². The largest absolute Gasteiger partial charge is 0.378 e. The summed E-state index contributed by atoms with van der Waals surface area (Å²) in [6, 6.07) is 14.6. The number of ether oxygens (including phenoxy) is 1. The molecular formula is C19H20BrN3O3. The smallest absolute Gasteiger partial charge is 0.254 e. The number of benzene rings is 2. The van der Waals surface area contributed by atoms with E-state index in [0.717, 1.165) is 10.2 Å². The fourth-order valence-corrected chi connectivity index (χ4v) is 3.09. The first kappa shape index (κ1) is 18.4. The van der Waals surface area contributed by atoms with Crippen LogP contribution in [0.1, 0.15) is 10.4 Å². The van der Waals surface area contributed by atoms with Crippen LogP contribution < -0.4 is 10.6 Å². The Labute approximate surface area is 160 Å². The Morgan fingerprint density at radius 3 is 2.62 bits per heavy atom. The quantitative estimate of drug-likeness (QED) is 0.784. The summed E-state index contributed by atoms with van der Waals surface area (Å²) in [5, 5.41) is 5.89. The van der Waals surface area contributed by atoms with E-state index in [1.165, 1.54) is 0 Å². The van der Waals surface area contributed by atoms with Crippen LogP contribution in [0.5, 0.6) is 0 Å². The minimum Gasteiger partial charge on any atom is -0.378 e. The van der Waals surface area contributed by atoms with Crippen molar-refractivity contribution < 1.29 is 14.3 Å². The number of hydrogen-bond acceptors (Lipinski definition) is 4. The van der Waals surface area contributed by atoms with Crippen molar-refractivity contribution in [2.24, 2.45) is 0 Å². The number of nitrogens with zero attached hydrogens (tertiary/aromatic N) is 1. The maximum atomic E-state index is 12.5. The van der Waals surface area contributed by atoms with Gasteiger partial charge in [0.1, 0.15) is 0 Å². The second-order valence-corrected chi connectivity index (χ2v) is 6.72. The molecule has 1 aliphatic rings. The molecule has 0 bridgehead atoms. The van der Waals surface area contributed by atoms with Gasteiger partial charge in [0, 0.05) is 34.5 Å². The Morgan fingerprint density at radius 2 is 1.85 bits per heavy atom. The number of rotatable bonds is 5. The Hall–Kier alpha value is -2.38. The molecule has 2 aromatic carbocycles. The van der Waals surface area contributed by atoms with E-state index in [0.29, 0.717) is 37.6 Å². The van der Waals surface area contributed by atoms with Gasteiger partial charge in [-0.2, -0.15) is 0 Å². The van der Waals surface area contributed by atoms with Crippen molar-refractivity contribution in [3.05, 3.63) is 58.6 Å². The topological polar surface area (TPSA) is 70.7 Å². The zero-order chi connectivity index (χ0) is 18.4. The van der Waals surface area contributed by atoms with Crippen molar-refractivity contribution in [1.82, 2.24) is 4.90 Å². The molecule has 0 atom stereocenters. The Morgan fingerprint density at radius 1 is 1.08 bits per heavy atom. The van der Waals surface area contributed by atoms with E-state index < -0.39 is 0 Å². The highest BCUT2D eigenvalue weighted by molar-refractivity contribution is 9.10. The molecule has 136 valence electrons. The minimum atomic E-state index is -0.184. The summed E-state index contributed by atoms with van der Waals surface area (Å²) in [6.45, 7) is 2.42. The molecule has 6 nitrogen and oxygen atoms in total. The first-order valence-corrected chi connectivity index (χ1v) is 9.18. The van der Waals surface area contributed by atoms with Crippen LogP contribution in [0.2, 0.25) is 0 Å². The fourth-order valence-electron chi connectivity index (χ4n) is 2.66. The van der Waals surface area contributed by atoms with Gasteiger partial charge in [-0.25, -0.2) is 0 Å². The molecule has 3 rings (SSSR count). The van der Waals surface area contributed by atoms with Crippen LogP contribution in [0, 0.1) is 0 Å². The second-order valence-electron chi connectivity index (χ2n) is 5.87. The van der Waals surface area contributed by atoms with Gasteiger partial charge in [-0.3, -0.25) is 9.59 Å². The molecule has 1 aliphatic heterocycles. The lowest BCUT2D eigenvalue weighted by Crippen LogP contribution is -2.40. The van der Waals surface area contributed by atoms with Gasteiger partial charge in [0.15, 0.2) is 0 Å². The third kappa shape index (κ3) is 4.83. The number of para-hydroxylation sites is 1. The molecule has 0 saturated carbocycles. The lowest BCUT2D eigenvalue weighted by atomic mass is 10.1. The van der Waals surface area contributed by atoms with E-state index >= 15 is 0 Å². The highest BCUT2D eigenvalue weighted by Crippen LogP contribution is 2.21. The summed E-state index contributed by atoms with van der Waals surface area (Å²) in [5.74, 6) is -0.229. The van der Waals surface area contributed by atoms with Gasteiger partial charge in [-0.1, -0.05) is 18.2 Å². The molecule has 0 radical (unpaired) electrons. The van der Waals surface area contributed by atoms with Gasteiger partial charge in [0.05, 0.1) is 19.8 Å². The molecule has 0 unspecified atom stereocenters. The average molecular weight is 418 g/mol. The maximum Gasteiger partial charge on any atom is 0.254 e. The molecular weight excluding hydrogens is 398 g/mol. The van der Waals surface area contributed by atoms with Gasteiger partial charge < -0.3 is 20.3 Å². The number of morpholine rings is 1. The van der Waals surface area contributed by atoms with Crippen molar-refractivity contribution >= 4 is 39.1 Å². The van der Waals surface area contributed by atoms with Crippen LogP contribution >= 0.6 is 15.9 Å². The predicted molar refractivity (Wildman–Crippen MR) is 104 cm³/mol. The van der Waals surface area contributed by atoms with Crippen LogP contribution in [0.15, 0.2) is 53.0 Å². The molecule has 1 heterocycles. The third-order valence-electron chi connectivity index (χ3n) is 4.00. The van der Waals surface area contributed by atoms with Crippen molar-refractivity contribution in [2.75, 3.05) is 43.5 Å². The van der Waals surface area contributed by atoms with Crippen LogP contribution in [0.25, 0.3) is 0 Å². The van der Waals surface area contributed by atoms with Crippen molar-refractivity contribution in [1.29, 1.82) is 0 Å². The van der Waals surface area contributed by atoms with Gasteiger partial charge >= 0.3 is 0 Å². The molecule has 1 fully saturated rings. The molecule has 7 heteroatoms. The summed E-state index contributed by atoms with van der Waals surface area (Å²) >= 11 is 3.43. The highest BCUT2D eigenvalue weighted by Gasteiger charge is 2.18. The van der Waals surface area contributed by atoms with E-state index in [-0.39, 0.29) is 18.4 Å². The number of hydrogen-bond donors (Lipinski definition) is 2. The molecule has 26 heavy (non-hydrogen) atoms. The Kier molecular flexibility index (Phi) is 6.25. The zero-order valence-corrected chi connectivity index (χ0v) is 15.8. The third-order valence-corrected chi connectivity index (χ3v) is 4.70. The summed E-state index contributed by atoms with van der Waals surface area (Å²) < 4.78 is 6.17. The van der Waals surface area contributed by atoms with E-state index in [9.17, 15) is 9.59 Å². The van der Waals surface area contributed by atoms with Crippen molar-refractivity contribution in [3.63, 3.8) is 0 Å². The standard InChI is InChI=1S/C19H20BrN3O3/c20-16-6-1-2-7-17(16)21-13-18(24)22-15-5-3-4-14(12-15)19(25)23-8-10-26-11-9-23/h1-7,12,21H,8-11,13H2,(H,22,24). The molecule has 0 aliphatic carbocycles. The SMILES string of the molecule is O=C(CNc1ccccc1Br)Nc1cccc(C(=O)N2CCOCC2)c1. The monoisotopic (exact) mass is 417 g/mol. The fraction of sp³-hybridized carbons (Fsp3) is 0.263. The van der Waals surface area contributed by atoms with Crippen molar-refractivity contribution in [2.45, 2.75) is 0 Å². The van der Waals surface area contributed by atoms with E-state index in [4.69, 9.17) is 4.74 Å². The summed E-state index contributed by atoms with van der Waals surface area (Å²) in [4.78, 5) is 26.5. The maximum absolute atomic E-state index is 12.5. The number of amides is 2. The number of carbonyl (C=O) groups excluding carboxylic acids is 2. The molecule has 2 aromatic rings. The van der Waals surface area contributed by atoms with E-state index in [2.05, 4.69) is 26.6 Å². The molecule has 2 N–H and O–H groups in total. The summed E-state index contributed by atoms with van der Waals surface area (Å²) in [6.07, 6.45) is 0. The number of carbonyl (C=O) groups is 2. The second kappa shape index (κ2) is 8.82. The summed E-state index contributed by atoms with van der Waals surface area (Å²) in [5.41, 5.74) is 2.00. The zero-order valence-electron chi connectivity index (χ0n) is 14.2. The van der Waals surface area contributed by atoms with Gasteiger partial charge in [-0.15, -0.1) is 0 Å². The first-order valence-electron chi connectivity index (χ1n) is 8.39. The molecule has 0 aromatic heterocycles. The van der Waals surface area contributed by atoms with Gasteiger partial charge in [0.25, 0.3) is 5.91 Å². The average Bonchev–Trinajstić information content (AvgIpc) is 2.68. The number of nitrogens with one attached hydrogen (secondary N) is 2. The van der Waals surface area contributed by atoms with E-state index in [1.807, 2.05) is 24.3 Å². The van der Waals surface area contributed by atoms with E-state index in [1.54, 1.807) is 29.2 Å². The Balaban J connectivity index is 1.58. The number of anilines is 2. The molecule has 2 amide bonds. The van der Waals surface area contributed by atoms with Gasteiger partial charge in [0.2, 0.25) is 5.91 Å². The predicted octanol–water partition coefficient (Wildman–Crippen LogP) is 2.97. The Bertz CT molecular complexity index is 791. The normalized spacial score (nSPS) is 14.0.